The van der Waals surface area contributed by atoms with Crippen molar-refractivity contribution in [3.05, 3.63) is 108 Å². The van der Waals surface area contributed by atoms with E-state index in [-0.39, 0.29) is 36.9 Å². The van der Waals surface area contributed by atoms with E-state index >= 15 is 0 Å². The molecule has 0 saturated carbocycles. The lowest BCUT2D eigenvalue weighted by atomic mass is 9.92. The fourth-order valence-corrected chi connectivity index (χ4v) is 3.97. The van der Waals surface area contributed by atoms with Gasteiger partial charge in [-0.15, -0.1) is 0 Å². The van der Waals surface area contributed by atoms with Crippen LogP contribution in [0.1, 0.15) is 37.6 Å². The van der Waals surface area contributed by atoms with Gasteiger partial charge in [0.05, 0.1) is 11.4 Å². The van der Waals surface area contributed by atoms with Crippen LogP contribution in [0, 0.1) is 6.92 Å². The lowest BCUT2D eigenvalue weighted by Gasteiger charge is -2.22. The largest absolute Gasteiger partial charge is 0.484 e. The predicted molar refractivity (Wildman–Crippen MR) is 149 cm³/mol. The minimum absolute atomic E-state index is 0.129. The van der Waals surface area contributed by atoms with Crippen LogP contribution in [0.4, 0.5) is 5.82 Å². The van der Waals surface area contributed by atoms with E-state index in [1.807, 2.05) is 85.8 Å². The molecule has 0 bridgehead atoms. The first-order valence-electron chi connectivity index (χ1n) is 12.7. The maximum atomic E-state index is 13.3. The van der Waals surface area contributed by atoms with Crippen LogP contribution in [0.5, 0.6) is 5.75 Å². The SMILES string of the molecule is Cc1ccccc1-n1nc(C(C)(C)C)cc1NC(=O)CN(Cc1ccccc1)C(=O)COc1ccccc1. The van der Waals surface area contributed by atoms with Crippen molar-refractivity contribution in [2.45, 2.75) is 39.7 Å². The molecular weight excluding hydrogens is 476 g/mol. The summed E-state index contributed by atoms with van der Waals surface area (Å²) in [5.41, 5.74) is 3.48. The summed E-state index contributed by atoms with van der Waals surface area (Å²) in [6.07, 6.45) is 0. The summed E-state index contributed by atoms with van der Waals surface area (Å²) in [6.45, 7) is 8.24. The summed E-state index contributed by atoms with van der Waals surface area (Å²) < 4.78 is 7.44. The van der Waals surface area contributed by atoms with E-state index in [0.29, 0.717) is 11.6 Å². The van der Waals surface area contributed by atoms with Crippen LogP contribution >= 0.6 is 0 Å². The highest BCUT2D eigenvalue weighted by molar-refractivity contribution is 5.94. The number of aryl methyl sites for hydroxylation is 1. The molecule has 0 radical (unpaired) electrons. The van der Waals surface area contributed by atoms with Crippen LogP contribution in [-0.2, 0) is 21.5 Å². The number of carbonyl (C=O) groups is 2. The predicted octanol–water partition coefficient (Wildman–Crippen LogP) is 5.52. The number of amides is 2. The van der Waals surface area contributed by atoms with Crippen LogP contribution in [0.25, 0.3) is 5.69 Å². The highest BCUT2D eigenvalue weighted by Crippen LogP contribution is 2.27. The Kier molecular flexibility index (Phi) is 8.26. The maximum absolute atomic E-state index is 13.3. The fourth-order valence-electron chi connectivity index (χ4n) is 3.97. The minimum Gasteiger partial charge on any atom is -0.484 e. The van der Waals surface area contributed by atoms with Crippen LogP contribution in [0.3, 0.4) is 0 Å². The number of aromatic nitrogens is 2. The van der Waals surface area contributed by atoms with Gasteiger partial charge in [-0.05, 0) is 36.2 Å². The van der Waals surface area contributed by atoms with Crippen molar-refractivity contribution in [2.75, 3.05) is 18.5 Å². The molecule has 38 heavy (non-hydrogen) atoms. The third kappa shape index (κ3) is 6.88. The summed E-state index contributed by atoms with van der Waals surface area (Å²) in [5, 5.41) is 7.81. The molecule has 1 N–H and O–H groups in total. The van der Waals surface area contributed by atoms with Gasteiger partial charge in [0.1, 0.15) is 18.1 Å². The van der Waals surface area contributed by atoms with Crippen molar-refractivity contribution in [1.82, 2.24) is 14.7 Å². The Morgan fingerprint density at radius 2 is 1.55 bits per heavy atom. The summed E-state index contributed by atoms with van der Waals surface area (Å²) in [7, 11) is 0. The van der Waals surface area contributed by atoms with E-state index in [0.717, 1.165) is 22.5 Å². The molecule has 4 aromatic rings. The zero-order chi connectivity index (χ0) is 27.1. The van der Waals surface area contributed by atoms with E-state index in [2.05, 4.69) is 26.1 Å². The molecule has 196 valence electrons. The van der Waals surface area contributed by atoms with Gasteiger partial charge in [-0.1, -0.05) is 87.5 Å². The standard InChI is InChI=1S/C31H34N4O3/c1-23-13-11-12-18-26(23)35-28(19-27(33-35)31(2,3)4)32-29(36)21-34(20-24-14-7-5-8-15-24)30(37)22-38-25-16-9-6-10-17-25/h5-19H,20-22H2,1-4H3,(H,32,36). The Bertz CT molecular complexity index is 1380. The molecular formula is C31H34N4O3. The third-order valence-corrected chi connectivity index (χ3v) is 6.10. The molecule has 1 heterocycles. The fraction of sp³-hybridized carbons (Fsp3) is 0.258. The molecule has 0 fully saturated rings. The van der Waals surface area contributed by atoms with E-state index in [9.17, 15) is 9.59 Å². The lowest BCUT2D eigenvalue weighted by Crippen LogP contribution is -2.40. The van der Waals surface area contributed by atoms with Crippen molar-refractivity contribution >= 4 is 17.6 Å². The van der Waals surface area contributed by atoms with E-state index in [1.165, 1.54) is 4.90 Å². The summed E-state index contributed by atoms with van der Waals surface area (Å²) in [6, 6.07) is 28.5. The highest BCUT2D eigenvalue weighted by Gasteiger charge is 2.24. The van der Waals surface area contributed by atoms with E-state index in [1.54, 1.807) is 16.8 Å². The summed E-state index contributed by atoms with van der Waals surface area (Å²) in [5.74, 6) is 0.559. The van der Waals surface area contributed by atoms with Crippen molar-refractivity contribution in [3.8, 4) is 11.4 Å². The van der Waals surface area contributed by atoms with Crippen molar-refractivity contribution < 1.29 is 14.3 Å². The number of benzene rings is 3. The normalized spacial score (nSPS) is 11.2. The molecule has 0 aliphatic carbocycles. The number of hydrogen-bond acceptors (Lipinski definition) is 4. The molecule has 0 saturated heterocycles. The molecule has 0 unspecified atom stereocenters. The molecule has 0 spiro atoms. The van der Waals surface area contributed by atoms with Gasteiger partial charge in [-0.2, -0.15) is 5.10 Å². The minimum atomic E-state index is -0.316. The average Bonchev–Trinajstić information content (AvgIpc) is 3.32. The zero-order valence-corrected chi connectivity index (χ0v) is 22.3. The Morgan fingerprint density at radius 1 is 0.921 bits per heavy atom. The van der Waals surface area contributed by atoms with E-state index in [4.69, 9.17) is 9.84 Å². The maximum Gasteiger partial charge on any atom is 0.261 e. The molecule has 3 aromatic carbocycles. The molecule has 0 aliphatic rings. The quantitative estimate of drug-likeness (QED) is 0.322. The van der Waals surface area contributed by atoms with Gasteiger partial charge >= 0.3 is 0 Å². The number of hydrogen-bond donors (Lipinski definition) is 1. The van der Waals surface area contributed by atoms with Crippen LogP contribution < -0.4 is 10.1 Å². The van der Waals surface area contributed by atoms with Gasteiger partial charge in [-0.25, -0.2) is 4.68 Å². The summed E-state index contributed by atoms with van der Waals surface area (Å²) >= 11 is 0. The summed E-state index contributed by atoms with van der Waals surface area (Å²) in [4.78, 5) is 28.0. The number of para-hydroxylation sites is 2. The Labute approximate surface area is 224 Å². The number of anilines is 1. The van der Waals surface area contributed by atoms with Crippen LogP contribution in [0.15, 0.2) is 91.0 Å². The smallest absolute Gasteiger partial charge is 0.261 e. The Morgan fingerprint density at radius 3 is 2.21 bits per heavy atom. The lowest BCUT2D eigenvalue weighted by molar-refractivity contribution is -0.137. The number of carbonyl (C=O) groups excluding carboxylic acids is 2. The molecule has 7 heteroatoms. The van der Waals surface area contributed by atoms with Crippen LogP contribution in [-0.4, -0.2) is 39.6 Å². The highest BCUT2D eigenvalue weighted by atomic mass is 16.5. The number of nitrogens with zero attached hydrogens (tertiary/aromatic N) is 3. The molecule has 0 atom stereocenters. The molecule has 0 aliphatic heterocycles. The first-order chi connectivity index (χ1) is 18.2. The van der Waals surface area contributed by atoms with Gasteiger partial charge < -0.3 is 15.0 Å². The van der Waals surface area contributed by atoms with Gasteiger partial charge in [0.15, 0.2) is 6.61 Å². The first kappa shape index (κ1) is 26.7. The number of nitrogens with one attached hydrogen (secondary N) is 1. The third-order valence-electron chi connectivity index (χ3n) is 6.10. The number of ether oxygens (including phenoxy) is 1. The van der Waals surface area contributed by atoms with Gasteiger partial charge in [0, 0.05) is 18.0 Å². The molecule has 2 amide bonds. The monoisotopic (exact) mass is 510 g/mol. The molecule has 4 rings (SSSR count). The van der Waals surface area contributed by atoms with Crippen molar-refractivity contribution in [1.29, 1.82) is 0 Å². The zero-order valence-electron chi connectivity index (χ0n) is 22.3. The second kappa shape index (κ2) is 11.8. The first-order valence-corrected chi connectivity index (χ1v) is 12.7. The Hall–Kier alpha value is -4.39. The topological polar surface area (TPSA) is 76.5 Å². The molecule has 7 nitrogen and oxygen atoms in total. The van der Waals surface area contributed by atoms with Crippen molar-refractivity contribution in [2.24, 2.45) is 0 Å². The number of rotatable bonds is 9. The van der Waals surface area contributed by atoms with E-state index < -0.39 is 0 Å². The Balaban J connectivity index is 1.55. The molecule has 1 aromatic heterocycles. The van der Waals surface area contributed by atoms with Crippen molar-refractivity contribution in [3.63, 3.8) is 0 Å². The van der Waals surface area contributed by atoms with Gasteiger partial charge in [-0.3, -0.25) is 9.59 Å². The van der Waals surface area contributed by atoms with Gasteiger partial charge in [0.25, 0.3) is 5.91 Å². The van der Waals surface area contributed by atoms with Gasteiger partial charge in [0.2, 0.25) is 5.91 Å². The second-order valence-electron chi connectivity index (χ2n) is 10.2. The second-order valence-corrected chi connectivity index (χ2v) is 10.2. The average molecular weight is 511 g/mol. The van der Waals surface area contributed by atoms with Crippen LogP contribution in [0.2, 0.25) is 0 Å².